The largest absolute Gasteiger partial charge is 0.368 e. The molecule has 5 heteroatoms. The first-order chi connectivity index (χ1) is 12.0. The first-order valence-corrected chi connectivity index (χ1v) is 7.86. The van der Waals surface area contributed by atoms with Gasteiger partial charge in [0.25, 0.3) is 5.91 Å². The first kappa shape index (κ1) is 16.6. The van der Waals surface area contributed by atoms with Gasteiger partial charge in [-0.05, 0) is 40.6 Å². The van der Waals surface area contributed by atoms with Crippen LogP contribution in [0.4, 0.5) is 4.39 Å². The van der Waals surface area contributed by atoms with E-state index in [0.717, 1.165) is 10.8 Å². The van der Waals surface area contributed by atoms with E-state index in [1.54, 1.807) is 24.3 Å². The zero-order chi connectivity index (χ0) is 17.8. The van der Waals surface area contributed by atoms with Crippen molar-refractivity contribution in [3.8, 4) is 0 Å². The van der Waals surface area contributed by atoms with Crippen molar-refractivity contribution in [3.63, 3.8) is 0 Å². The lowest BCUT2D eigenvalue weighted by Gasteiger charge is -2.16. The number of hydrogen-bond acceptors (Lipinski definition) is 2. The van der Waals surface area contributed by atoms with E-state index in [9.17, 15) is 14.0 Å². The summed E-state index contributed by atoms with van der Waals surface area (Å²) in [5, 5.41) is 4.57. The van der Waals surface area contributed by atoms with Crippen LogP contribution in [0.1, 0.15) is 15.9 Å². The van der Waals surface area contributed by atoms with E-state index in [2.05, 4.69) is 5.32 Å². The van der Waals surface area contributed by atoms with Crippen molar-refractivity contribution in [2.75, 3.05) is 0 Å². The van der Waals surface area contributed by atoms with Crippen LogP contribution in [0.2, 0.25) is 0 Å². The van der Waals surface area contributed by atoms with Gasteiger partial charge in [0.2, 0.25) is 5.91 Å². The van der Waals surface area contributed by atoms with Crippen LogP contribution in [0.3, 0.4) is 0 Å². The summed E-state index contributed by atoms with van der Waals surface area (Å²) in [6, 6.07) is 17.9. The number of fused-ring (bicyclic) bond motifs is 1. The van der Waals surface area contributed by atoms with E-state index in [1.807, 2.05) is 30.3 Å². The van der Waals surface area contributed by atoms with Gasteiger partial charge in [-0.3, -0.25) is 9.59 Å². The molecular formula is C20H17FN2O2. The maximum atomic E-state index is 13.3. The molecule has 0 saturated heterocycles. The first-order valence-electron chi connectivity index (χ1n) is 7.86. The number of primary amides is 1. The number of benzene rings is 3. The molecule has 3 rings (SSSR count). The van der Waals surface area contributed by atoms with Crippen LogP contribution in [-0.2, 0) is 11.2 Å². The Kier molecular flexibility index (Phi) is 4.75. The number of rotatable bonds is 5. The van der Waals surface area contributed by atoms with E-state index in [4.69, 9.17) is 5.73 Å². The fraction of sp³-hybridized carbons (Fsp3) is 0.100. The summed E-state index contributed by atoms with van der Waals surface area (Å²) in [4.78, 5) is 24.1. The Hall–Kier alpha value is -3.21. The molecule has 3 aromatic carbocycles. The molecular weight excluding hydrogens is 319 g/mol. The molecule has 0 aliphatic carbocycles. The predicted molar refractivity (Wildman–Crippen MR) is 94.5 cm³/mol. The van der Waals surface area contributed by atoms with Crippen molar-refractivity contribution in [2.45, 2.75) is 12.5 Å². The summed E-state index contributed by atoms with van der Waals surface area (Å²) < 4.78 is 13.3. The quantitative estimate of drug-likeness (QED) is 0.752. The molecule has 1 atom stereocenters. The highest BCUT2D eigenvalue weighted by Gasteiger charge is 2.20. The lowest BCUT2D eigenvalue weighted by molar-refractivity contribution is -0.119. The maximum absolute atomic E-state index is 13.3. The SMILES string of the molecule is NC(=O)[C@@H](Cc1cccc(F)c1)NC(=O)c1ccc2ccccc2c1. The minimum Gasteiger partial charge on any atom is -0.368 e. The summed E-state index contributed by atoms with van der Waals surface area (Å²) >= 11 is 0. The number of hydrogen-bond donors (Lipinski definition) is 2. The van der Waals surface area contributed by atoms with Gasteiger partial charge < -0.3 is 11.1 Å². The topological polar surface area (TPSA) is 72.2 Å². The number of carbonyl (C=O) groups is 2. The van der Waals surface area contributed by atoms with E-state index in [-0.39, 0.29) is 6.42 Å². The van der Waals surface area contributed by atoms with Crippen LogP contribution in [0, 0.1) is 5.82 Å². The fourth-order valence-corrected chi connectivity index (χ4v) is 2.69. The number of amides is 2. The monoisotopic (exact) mass is 336 g/mol. The molecule has 0 unspecified atom stereocenters. The van der Waals surface area contributed by atoms with Crippen molar-refractivity contribution in [2.24, 2.45) is 5.73 Å². The smallest absolute Gasteiger partial charge is 0.251 e. The molecule has 3 aromatic rings. The Balaban J connectivity index is 1.78. The molecule has 0 heterocycles. The lowest BCUT2D eigenvalue weighted by atomic mass is 10.0. The summed E-state index contributed by atoms with van der Waals surface area (Å²) in [7, 11) is 0. The third-order valence-electron chi connectivity index (χ3n) is 3.99. The average Bonchev–Trinajstić information content (AvgIpc) is 2.60. The molecule has 2 amide bonds. The maximum Gasteiger partial charge on any atom is 0.251 e. The van der Waals surface area contributed by atoms with Crippen LogP contribution in [-0.4, -0.2) is 17.9 Å². The molecule has 4 nitrogen and oxygen atoms in total. The van der Waals surface area contributed by atoms with Gasteiger partial charge in [0, 0.05) is 12.0 Å². The summed E-state index contributed by atoms with van der Waals surface area (Å²) in [5.41, 5.74) is 6.41. The van der Waals surface area contributed by atoms with Gasteiger partial charge >= 0.3 is 0 Å². The van der Waals surface area contributed by atoms with Gasteiger partial charge in [-0.1, -0.05) is 42.5 Å². The van der Waals surface area contributed by atoms with Gasteiger partial charge in [-0.25, -0.2) is 4.39 Å². The molecule has 0 fully saturated rings. The second kappa shape index (κ2) is 7.13. The number of nitrogens with one attached hydrogen (secondary N) is 1. The van der Waals surface area contributed by atoms with E-state index in [1.165, 1.54) is 12.1 Å². The molecule has 126 valence electrons. The van der Waals surface area contributed by atoms with Crippen LogP contribution in [0.15, 0.2) is 66.7 Å². The van der Waals surface area contributed by atoms with Gasteiger partial charge in [-0.15, -0.1) is 0 Å². The summed E-state index contributed by atoms with van der Waals surface area (Å²) in [5.74, 6) is -1.47. The molecule has 0 aliphatic heterocycles. The average molecular weight is 336 g/mol. The van der Waals surface area contributed by atoms with E-state index in [0.29, 0.717) is 11.1 Å². The normalized spacial score (nSPS) is 11.9. The van der Waals surface area contributed by atoms with Crippen molar-refractivity contribution in [3.05, 3.63) is 83.7 Å². The third kappa shape index (κ3) is 4.01. The van der Waals surface area contributed by atoms with Crippen LogP contribution < -0.4 is 11.1 Å². The molecule has 0 aromatic heterocycles. The van der Waals surface area contributed by atoms with Gasteiger partial charge in [0.15, 0.2) is 0 Å². The summed E-state index contributed by atoms with van der Waals surface area (Å²) in [6.07, 6.45) is 0.131. The Bertz CT molecular complexity index is 940. The fourth-order valence-electron chi connectivity index (χ4n) is 2.69. The predicted octanol–water partition coefficient (Wildman–Crippen LogP) is 2.81. The zero-order valence-electron chi connectivity index (χ0n) is 13.4. The van der Waals surface area contributed by atoms with Crippen molar-refractivity contribution in [1.29, 1.82) is 0 Å². The van der Waals surface area contributed by atoms with Crippen molar-refractivity contribution < 1.29 is 14.0 Å². The highest BCUT2D eigenvalue weighted by atomic mass is 19.1. The molecule has 0 bridgehead atoms. The molecule has 0 spiro atoms. The van der Waals surface area contributed by atoms with E-state index >= 15 is 0 Å². The van der Waals surface area contributed by atoms with Crippen molar-refractivity contribution >= 4 is 22.6 Å². The Morgan fingerprint density at radius 3 is 2.44 bits per heavy atom. The Labute approximate surface area is 144 Å². The second-order valence-electron chi connectivity index (χ2n) is 5.82. The Morgan fingerprint density at radius 1 is 0.960 bits per heavy atom. The Morgan fingerprint density at radius 2 is 1.72 bits per heavy atom. The minimum atomic E-state index is -0.916. The standard InChI is InChI=1S/C20H17FN2O2/c21-17-7-3-4-13(10-17)11-18(19(22)24)23-20(25)16-9-8-14-5-1-2-6-15(14)12-16/h1-10,12,18H,11H2,(H2,22,24)(H,23,25)/t18-/m1/s1. The molecule has 3 N–H and O–H groups in total. The highest BCUT2D eigenvalue weighted by molar-refractivity contribution is 6.00. The minimum absolute atomic E-state index is 0.131. The lowest BCUT2D eigenvalue weighted by Crippen LogP contribution is -2.45. The van der Waals surface area contributed by atoms with Gasteiger partial charge in [-0.2, -0.15) is 0 Å². The highest BCUT2D eigenvalue weighted by Crippen LogP contribution is 2.16. The molecule has 0 saturated carbocycles. The number of halogens is 1. The third-order valence-corrected chi connectivity index (χ3v) is 3.99. The van der Waals surface area contributed by atoms with Crippen LogP contribution >= 0.6 is 0 Å². The van der Waals surface area contributed by atoms with Gasteiger partial charge in [0.05, 0.1) is 0 Å². The van der Waals surface area contributed by atoms with Crippen LogP contribution in [0.5, 0.6) is 0 Å². The van der Waals surface area contributed by atoms with Crippen molar-refractivity contribution in [1.82, 2.24) is 5.32 Å². The van der Waals surface area contributed by atoms with Crippen LogP contribution in [0.25, 0.3) is 10.8 Å². The van der Waals surface area contributed by atoms with E-state index < -0.39 is 23.7 Å². The zero-order valence-corrected chi connectivity index (χ0v) is 13.4. The number of carbonyl (C=O) groups excluding carboxylic acids is 2. The second-order valence-corrected chi connectivity index (χ2v) is 5.82. The molecule has 0 radical (unpaired) electrons. The molecule has 0 aliphatic rings. The number of nitrogens with two attached hydrogens (primary N) is 1. The molecule has 25 heavy (non-hydrogen) atoms. The summed E-state index contributed by atoms with van der Waals surface area (Å²) in [6.45, 7) is 0. The van der Waals surface area contributed by atoms with Gasteiger partial charge in [0.1, 0.15) is 11.9 Å².